The van der Waals surface area contributed by atoms with Crippen molar-refractivity contribution in [2.75, 3.05) is 5.32 Å². The Balaban J connectivity index is 1.20. The van der Waals surface area contributed by atoms with E-state index in [4.69, 9.17) is 16.3 Å². The van der Waals surface area contributed by atoms with Crippen molar-refractivity contribution in [1.29, 1.82) is 0 Å². The van der Waals surface area contributed by atoms with Crippen LogP contribution >= 0.6 is 11.6 Å². The maximum absolute atomic E-state index is 13.6. The summed E-state index contributed by atoms with van der Waals surface area (Å²) in [7, 11) is 0. The molecule has 5 nitrogen and oxygen atoms in total. The van der Waals surface area contributed by atoms with Crippen LogP contribution < -0.4 is 10.1 Å². The lowest BCUT2D eigenvalue weighted by atomic mass is 9.97. The van der Waals surface area contributed by atoms with Crippen molar-refractivity contribution in [3.05, 3.63) is 59.6 Å². The maximum Gasteiger partial charge on any atom is 0.227 e. The average molecular weight is 426 g/mol. The molecule has 2 fully saturated rings. The fourth-order valence-corrected chi connectivity index (χ4v) is 5.03. The van der Waals surface area contributed by atoms with Crippen LogP contribution in [0.4, 0.5) is 10.1 Å². The number of nitrogens with zero attached hydrogens (tertiary/aromatic N) is 2. The smallest absolute Gasteiger partial charge is 0.227 e. The van der Waals surface area contributed by atoms with Gasteiger partial charge in [0.2, 0.25) is 11.8 Å². The number of aromatic nitrogens is 2. The van der Waals surface area contributed by atoms with Gasteiger partial charge in [-0.2, -0.15) is 0 Å². The van der Waals surface area contributed by atoms with Crippen LogP contribution in [0.2, 0.25) is 5.02 Å². The summed E-state index contributed by atoms with van der Waals surface area (Å²) in [5.74, 6) is 1.39. The minimum atomic E-state index is -0.336. The lowest BCUT2D eigenvalue weighted by Gasteiger charge is -2.19. The van der Waals surface area contributed by atoms with Crippen molar-refractivity contribution < 1.29 is 13.9 Å². The van der Waals surface area contributed by atoms with Crippen LogP contribution in [-0.4, -0.2) is 22.0 Å². The third-order valence-corrected chi connectivity index (χ3v) is 6.66. The summed E-state index contributed by atoms with van der Waals surface area (Å²) in [5, 5.41) is 4.20. The van der Waals surface area contributed by atoms with Gasteiger partial charge in [0.1, 0.15) is 18.2 Å². The summed E-state index contributed by atoms with van der Waals surface area (Å²) < 4.78 is 19.7. The van der Waals surface area contributed by atoms with Crippen LogP contribution in [0.1, 0.15) is 19.8 Å². The Morgan fingerprint density at radius 1 is 1.17 bits per heavy atom. The number of amides is 1. The zero-order valence-corrected chi connectivity index (χ0v) is 17.1. The van der Waals surface area contributed by atoms with Gasteiger partial charge < -0.3 is 10.1 Å². The van der Waals surface area contributed by atoms with Crippen LogP contribution in [0.5, 0.6) is 5.88 Å². The number of hydrogen-bond donors (Lipinski definition) is 1. The number of fused-ring (bicyclic) bond motifs is 2. The van der Waals surface area contributed by atoms with Gasteiger partial charge in [-0.1, -0.05) is 18.5 Å². The van der Waals surface area contributed by atoms with E-state index in [1.807, 2.05) is 6.92 Å². The summed E-state index contributed by atoms with van der Waals surface area (Å²) in [5.41, 5.74) is 1.42. The number of rotatable bonds is 5. The monoisotopic (exact) mass is 425 g/mol. The van der Waals surface area contributed by atoms with Gasteiger partial charge in [0.05, 0.1) is 10.9 Å². The number of anilines is 1. The second kappa shape index (κ2) is 7.51. The predicted octanol–water partition coefficient (Wildman–Crippen LogP) is 5.10. The van der Waals surface area contributed by atoms with E-state index < -0.39 is 0 Å². The highest BCUT2D eigenvalue weighted by molar-refractivity contribution is 6.30. The lowest BCUT2D eigenvalue weighted by molar-refractivity contribution is -0.120. The van der Waals surface area contributed by atoms with Gasteiger partial charge in [0, 0.05) is 16.6 Å². The molecule has 2 aliphatic rings. The van der Waals surface area contributed by atoms with E-state index in [9.17, 15) is 9.18 Å². The molecule has 0 bridgehead atoms. The number of carbonyl (C=O) groups is 1. The Morgan fingerprint density at radius 2 is 1.90 bits per heavy atom. The number of benzene rings is 2. The van der Waals surface area contributed by atoms with E-state index in [2.05, 4.69) is 15.3 Å². The van der Waals surface area contributed by atoms with Crippen molar-refractivity contribution >= 4 is 34.1 Å². The standard InChI is InChI=1S/C23H21ClFN3O2/c1-12(22(29)28-15-5-2-13(24)3-6-15)21-17-9-16(10-18(17)21)30-23-19-8-14(25)4-7-20(19)26-11-27-23/h2-8,11-12,16-18,21H,9-10H2,1H3,(H,28,29)/t12-,16?,17-,18+,21?/m1/s1. The summed E-state index contributed by atoms with van der Waals surface area (Å²) in [6.07, 6.45) is 3.24. The molecule has 2 unspecified atom stereocenters. The molecule has 30 heavy (non-hydrogen) atoms. The molecular weight excluding hydrogens is 405 g/mol. The zero-order valence-electron chi connectivity index (χ0n) is 16.4. The minimum Gasteiger partial charge on any atom is -0.474 e. The summed E-state index contributed by atoms with van der Waals surface area (Å²) >= 11 is 5.90. The average Bonchev–Trinajstić information content (AvgIpc) is 3.24. The van der Waals surface area contributed by atoms with Crippen molar-refractivity contribution in [2.24, 2.45) is 23.7 Å². The molecule has 5 atom stereocenters. The zero-order chi connectivity index (χ0) is 20.8. The molecule has 0 aliphatic heterocycles. The first kappa shape index (κ1) is 19.2. The first-order chi connectivity index (χ1) is 14.5. The van der Waals surface area contributed by atoms with Gasteiger partial charge in [-0.15, -0.1) is 0 Å². The van der Waals surface area contributed by atoms with E-state index in [0.29, 0.717) is 39.6 Å². The van der Waals surface area contributed by atoms with Crippen LogP contribution in [-0.2, 0) is 4.79 Å². The maximum atomic E-state index is 13.6. The van der Waals surface area contributed by atoms with Gasteiger partial charge in [0.25, 0.3) is 0 Å². The van der Waals surface area contributed by atoms with E-state index >= 15 is 0 Å². The van der Waals surface area contributed by atoms with Gasteiger partial charge >= 0.3 is 0 Å². The number of hydrogen-bond acceptors (Lipinski definition) is 4. The number of carbonyl (C=O) groups excluding carboxylic acids is 1. The van der Waals surface area contributed by atoms with Crippen molar-refractivity contribution in [3.63, 3.8) is 0 Å². The molecule has 0 saturated heterocycles. The fourth-order valence-electron chi connectivity index (χ4n) is 4.90. The topological polar surface area (TPSA) is 64.1 Å². The van der Waals surface area contributed by atoms with Crippen LogP contribution in [0.3, 0.4) is 0 Å². The van der Waals surface area contributed by atoms with Crippen molar-refractivity contribution in [3.8, 4) is 5.88 Å². The normalized spacial score (nSPS) is 25.6. The molecule has 154 valence electrons. The molecule has 3 aromatic rings. The van der Waals surface area contributed by atoms with Crippen LogP contribution in [0.25, 0.3) is 10.9 Å². The molecule has 0 radical (unpaired) electrons. The molecule has 2 saturated carbocycles. The first-order valence-corrected chi connectivity index (χ1v) is 10.5. The van der Waals surface area contributed by atoms with E-state index in [1.54, 1.807) is 30.3 Å². The second-order valence-corrected chi connectivity index (χ2v) is 8.68. The van der Waals surface area contributed by atoms with Crippen molar-refractivity contribution in [1.82, 2.24) is 9.97 Å². The molecule has 2 aliphatic carbocycles. The second-order valence-electron chi connectivity index (χ2n) is 8.24. The fraction of sp³-hybridized carbons (Fsp3) is 0.348. The third-order valence-electron chi connectivity index (χ3n) is 6.41. The van der Waals surface area contributed by atoms with Gasteiger partial charge in [-0.3, -0.25) is 4.79 Å². The first-order valence-electron chi connectivity index (χ1n) is 10.1. The highest BCUT2D eigenvalue weighted by Gasteiger charge is 2.59. The third kappa shape index (κ3) is 3.60. The summed E-state index contributed by atoms with van der Waals surface area (Å²) in [4.78, 5) is 21.0. The molecule has 7 heteroatoms. The molecule has 1 heterocycles. The molecule has 1 aromatic heterocycles. The number of halogens is 2. The highest BCUT2D eigenvalue weighted by Crippen LogP contribution is 2.61. The van der Waals surface area contributed by atoms with Gasteiger partial charge in [-0.05, 0) is 73.1 Å². The Bertz CT molecular complexity index is 1100. The highest BCUT2D eigenvalue weighted by atomic mass is 35.5. The largest absolute Gasteiger partial charge is 0.474 e. The quantitative estimate of drug-likeness (QED) is 0.617. The Kier molecular flexibility index (Phi) is 4.82. The Morgan fingerprint density at radius 3 is 2.63 bits per heavy atom. The number of ether oxygens (including phenoxy) is 1. The van der Waals surface area contributed by atoms with Crippen LogP contribution in [0, 0.1) is 29.5 Å². The minimum absolute atomic E-state index is 0.0316. The van der Waals surface area contributed by atoms with E-state index in [0.717, 1.165) is 18.5 Å². The molecule has 5 rings (SSSR count). The Labute approximate surface area is 178 Å². The summed E-state index contributed by atoms with van der Waals surface area (Å²) in [6, 6.07) is 11.6. The SMILES string of the molecule is C[C@@H](C(=O)Nc1ccc(Cl)cc1)C1[C@H]2CC(Oc3ncnc4ccc(F)cc34)C[C@@H]12. The van der Waals surface area contributed by atoms with Gasteiger partial charge in [0.15, 0.2) is 0 Å². The molecule has 2 aromatic carbocycles. The van der Waals surface area contributed by atoms with Gasteiger partial charge in [-0.25, -0.2) is 14.4 Å². The predicted molar refractivity (Wildman–Crippen MR) is 113 cm³/mol. The summed E-state index contributed by atoms with van der Waals surface area (Å²) in [6.45, 7) is 1.99. The van der Waals surface area contributed by atoms with E-state index in [-0.39, 0.29) is 23.7 Å². The van der Waals surface area contributed by atoms with Crippen molar-refractivity contribution in [2.45, 2.75) is 25.9 Å². The van der Waals surface area contributed by atoms with E-state index in [1.165, 1.54) is 18.5 Å². The van der Waals surface area contributed by atoms with Crippen LogP contribution in [0.15, 0.2) is 48.8 Å². The molecule has 0 spiro atoms. The molecular formula is C23H21ClFN3O2. The Hall–Kier alpha value is -2.73. The molecule has 1 amide bonds. The number of nitrogens with one attached hydrogen (secondary N) is 1. The lowest BCUT2D eigenvalue weighted by Crippen LogP contribution is -2.25. The molecule has 1 N–H and O–H groups in total.